The van der Waals surface area contributed by atoms with Gasteiger partial charge in [-0.2, -0.15) is 0 Å². The second-order valence-electron chi connectivity index (χ2n) is 9.98. The van der Waals surface area contributed by atoms with Crippen molar-refractivity contribution in [3.05, 3.63) is 144 Å². The molecule has 0 saturated heterocycles. The zero-order valence-corrected chi connectivity index (χ0v) is 21.0. The first-order valence-corrected chi connectivity index (χ1v) is 13.1. The highest BCUT2D eigenvalue weighted by Crippen LogP contribution is 2.39. The quantitative estimate of drug-likeness (QED) is 0.244. The molecule has 0 radical (unpaired) electrons. The van der Waals surface area contributed by atoms with Crippen LogP contribution in [0, 0.1) is 0 Å². The van der Waals surface area contributed by atoms with E-state index < -0.39 is 0 Å². The van der Waals surface area contributed by atoms with Gasteiger partial charge in [0.25, 0.3) is 5.56 Å². The Morgan fingerprint density at radius 1 is 0.487 bits per heavy atom. The van der Waals surface area contributed by atoms with E-state index in [1.54, 1.807) is 4.40 Å². The molecular weight excluding hydrogens is 476 g/mol. The fourth-order valence-corrected chi connectivity index (χ4v) is 5.90. The van der Waals surface area contributed by atoms with Gasteiger partial charge >= 0.3 is 0 Å². The molecule has 3 heteroatoms. The van der Waals surface area contributed by atoms with Crippen LogP contribution in [0.15, 0.2) is 138 Å². The summed E-state index contributed by atoms with van der Waals surface area (Å²) >= 11 is 0. The number of benzene rings is 6. The van der Waals surface area contributed by atoms with Crippen molar-refractivity contribution in [2.75, 3.05) is 0 Å². The van der Waals surface area contributed by atoms with Gasteiger partial charge in [0.2, 0.25) is 0 Å². The number of rotatable bonds is 3. The van der Waals surface area contributed by atoms with Crippen molar-refractivity contribution in [3.8, 4) is 33.4 Å². The van der Waals surface area contributed by atoms with Crippen LogP contribution in [0.4, 0.5) is 0 Å². The molecule has 0 fully saturated rings. The number of fused-ring (bicyclic) bond motifs is 4. The van der Waals surface area contributed by atoms with Crippen LogP contribution in [0.25, 0.3) is 71.6 Å². The van der Waals surface area contributed by atoms with Crippen LogP contribution in [0.3, 0.4) is 0 Å². The summed E-state index contributed by atoms with van der Waals surface area (Å²) in [4.78, 5) is 19.4. The topological polar surface area (TPSA) is 34.4 Å². The molecule has 0 amide bonds. The Labute approximate surface area is 224 Å². The Morgan fingerprint density at radius 3 is 1.79 bits per heavy atom. The van der Waals surface area contributed by atoms with Crippen molar-refractivity contribution >= 4 is 38.2 Å². The van der Waals surface area contributed by atoms with Gasteiger partial charge in [0.05, 0.1) is 11.0 Å². The van der Waals surface area contributed by atoms with E-state index in [9.17, 15) is 4.79 Å². The third kappa shape index (κ3) is 3.30. The number of pyridine rings is 1. The molecule has 0 atom stereocenters. The van der Waals surface area contributed by atoms with Crippen LogP contribution >= 0.6 is 0 Å². The maximum atomic E-state index is 14.4. The van der Waals surface area contributed by atoms with Crippen molar-refractivity contribution < 1.29 is 0 Å². The summed E-state index contributed by atoms with van der Waals surface area (Å²) < 4.78 is 1.80. The normalized spacial score (nSPS) is 11.7. The molecule has 0 aliphatic carbocycles. The second kappa shape index (κ2) is 8.37. The molecule has 6 aromatic carbocycles. The Kier molecular flexibility index (Phi) is 4.67. The molecule has 8 rings (SSSR count). The molecule has 2 aromatic heterocycles. The van der Waals surface area contributed by atoms with Crippen molar-refractivity contribution in [1.82, 2.24) is 9.38 Å². The van der Waals surface area contributed by atoms with E-state index in [-0.39, 0.29) is 5.56 Å². The minimum Gasteiger partial charge on any atom is -0.268 e. The third-order valence-electron chi connectivity index (χ3n) is 7.74. The van der Waals surface area contributed by atoms with Gasteiger partial charge in [-0.25, -0.2) is 4.98 Å². The number of hydrogen-bond donors (Lipinski definition) is 0. The molecule has 39 heavy (non-hydrogen) atoms. The summed E-state index contributed by atoms with van der Waals surface area (Å²) in [5.41, 5.74) is 8.81. The summed E-state index contributed by atoms with van der Waals surface area (Å²) in [6.07, 6.45) is 0. The minimum absolute atomic E-state index is 0.0433. The van der Waals surface area contributed by atoms with Gasteiger partial charge in [-0.05, 0) is 69.1 Å². The Balaban J connectivity index is 1.53. The van der Waals surface area contributed by atoms with Crippen LogP contribution in [0.1, 0.15) is 0 Å². The van der Waals surface area contributed by atoms with Crippen LogP contribution in [-0.2, 0) is 0 Å². The molecule has 0 N–H and O–H groups in total. The molecule has 0 spiro atoms. The van der Waals surface area contributed by atoms with E-state index in [0.29, 0.717) is 11.0 Å². The summed E-state index contributed by atoms with van der Waals surface area (Å²) in [5, 5.41) is 3.71. The molecule has 3 nitrogen and oxygen atoms in total. The molecule has 8 aromatic rings. The fraction of sp³-hybridized carbons (Fsp3) is 0. The Morgan fingerprint density at radius 2 is 1.10 bits per heavy atom. The van der Waals surface area contributed by atoms with Crippen LogP contribution in [-0.4, -0.2) is 9.38 Å². The predicted octanol–water partition coefficient (Wildman–Crippen LogP) is 8.59. The largest absolute Gasteiger partial charge is 0.268 e. The smallest absolute Gasteiger partial charge is 0.264 e. The number of aromatic nitrogens is 2. The van der Waals surface area contributed by atoms with Gasteiger partial charge in [-0.1, -0.05) is 103 Å². The van der Waals surface area contributed by atoms with E-state index in [2.05, 4.69) is 78.9 Å². The summed E-state index contributed by atoms with van der Waals surface area (Å²) in [7, 11) is 0. The zero-order valence-electron chi connectivity index (χ0n) is 21.0. The molecule has 182 valence electrons. The van der Waals surface area contributed by atoms with Gasteiger partial charge in [0, 0.05) is 16.2 Å². The number of nitrogens with zero attached hydrogens (tertiary/aromatic N) is 2. The number of hydrogen-bond acceptors (Lipinski definition) is 2. The van der Waals surface area contributed by atoms with E-state index in [1.165, 1.54) is 0 Å². The van der Waals surface area contributed by atoms with E-state index >= 15 is 0 Å². The lowest BCUT2D eigenvalue weighted by Crippen LogP contribution is -2.13. The van der Waals surface area contributed by atoms with Gasteiger partial charge in [-0.3, -0.25) is 9.20 Å². The Bertz CT molecular complexity index is 2220. The molecule has 2 heterocycles. The SMILES string of the molecule is O=c1c2cc(-c3ccccc3)cc3c(-c4ccccc4)ccc(c32)c2nc3ccc(-c4ccccc4)cc3n12. The maximum Gasteiger partial charge on any atom is 0.264 e. The summed E-state index contributed by atoms with van der Waals surface area (Å²) in [5.74, 6) is 0. The average Bonchev–Trinajstić information content (AvgIpc) is 3.40. The molecule has 0 saturated carbocycles. The van der Waals surface area contributed by atoms with Crippen molar-refractivity contribution in [3.63, 3.8) is 0 Å². The van der Waals surface area contributed by atoms with Crippen LogP contribution < -0.4 is 5.56 Å². The van der Waals surface area contributed by atoms with Gasteiger partial charge in [0.1, 0.15) is 5.65 Å². The van der Waals surface area contributed by atoms with Crippen LogP contribution in [0.5, 0.6) is 0 Å². The van der Waals surface area contributed by atoms with Crippen molar-refractivity contribution in [2.24, 2.45) is 0 Å². The van der Waals surface area contributed by atoms with Crippen LogP contribution in [0.2, 0.25) is 0 Å². The first kappa shape index (κ1) is 21.8. The highest BCUT2D eigenvalue weighted by Gasteiger charge is 2.20. The lowest BCUT2D eigenvalue weighted by atomic mass is 9.91. The molecule has 0 aliphatic heterocycles. The monoisotopic (exact) mass is 498 g/mol. The molecule has 0 unspecified atom stereocenters. The second-order valence-corrected chi connectivity index (χ2v) is 9.98. The van der Waals surface area contributed by atoms with Crippen molar-refractivity contribution in [1.29, 1.82) is 0 Å². The lowest BCUT2D eigenvalue weighted by molar-refractivity contribution is 1.19. The van der Waals surface area contributed by atoms with Gasteiger partial charge in [-0.15, -0.1) is 0 Å². The molecular formula is C36H22N2O. The van der Waals surface area contributed by atoms with E-state index in [4.69, 9.17) is 4.98 Å². The Hall–Kier alpha value is -5.28. The fourth-order valence-electron chi connectivity index (χ4n) is 5.90. The lowest BCUT2D eigenvalue weighted by Gasteiger charge is -2.14. The zero-order chi connectivity index (χ0) is 25.9. The minimum atomic E-state index is -0.0433. The van der Waals surface area contributed by atoms with Crippen molar-refractivity contribution in [2.45, 2.75) is 0 Å². The first-order chi connectivity index (χ1) is 19.3. The van der Waals surface area contributed by atoms with Gasteiger partial charge < -0.3 is 0 Å². The first-order valence-electron chi connectivity index (χ1n) is 13.1. The highest BCUT2D eigenvalue weighted by atomic mass is 16.1. The number of imidazole rings is 1. The molecule has 0 bridgehead atoms. The predicted molar refractivity (Wildman–Crippen MR) is 161 cm³/mol. The van der Waals surface area contributed by atoms with E-state index in [0.717, 1.165) is 60.6 Å². The third-order valence-corrected chi connectivity index (χ3v) is 7.74. The maximum absolute atomic E-state index is 14.4. The summed E-state index contributed by atoms with van der Waals surface area (Å²) in [6, 6.07) is 45.6. The van der Waals surface area contributed by atoms with Gasteiger partial charge in [0.15, 0.2) is 0 Å². The molecule has 0 aliphatic rings. The summed E-state index contributed by atoms with van der Waals surface area (Å²) in [6.45, 7) is 0. The average molecular weight is 499 g/mol. The van der Waals surface area contributed by atoms with E-state index in [1.807, 2.05) is 54.6 Å². The standard InChI is InChI=1S/C36H22N2O/c39-36-31-21-27(24-12-6-2-7-13-24)20-30-28(25-14-8-3-9-15-25)17-18-29(34(30)31)35-37-32-19-16-26(22-33(32)38(35)36)23-10-4-1-5-11-23/h1-22H. The highest BCUT2D eigenvalue weighted by molar-refractivity contribution is 6.20.